The highest BCUT2D eigenvalue weighted by atomic mass is 35.5. The predicted octanol–water partition coefficient (Wildman–Crippen LogP) is 3.36. The molecule has 0 atom stereocenters. The summed E-state index contributed by atoms with van der Waals surface area (Å²) in [6.07, 6.45) is -1.89. The minimum atomic E-state index is -2.41. The Labute approximate surface area is 99.9 Å². The van der Waals surface area contributed by atoms with Gasteiger partial charge in [0.05, 0.1) is 12.2 Å². The summed E-state index contributed by atoms with van der Waals surface area (Å²) in [7, 11) is 0. The molecule has 0 aliphatic heterocycles. The number of hydrogen-bond donors (Lipinski definition) is 0. The highest BCUT2D eigenvalue weighted by Gasteiger charge is 2.10. The van der Waals surface area contributed by atoms with Gasteiger partial charge in [-0.3, -0.25) is 0 Å². The fourth-order valence-corrected chi connectivity index (χ4v) is 1.02. The first-order valence-corrected chi connectivity index (χ1v) is 4.87. The van der Waals surface area contributed by atoms with E-state index in [4.69, 9.17) is 11.6 Å². The molecule has 0 aromatic carbocycles. The van der Waals surface area contributed by atoms with Gasteiger partial charge in [-0.2, -0.15) is 8.78 Å². The van der Waals surface area contributed by atoms with Gasteiger partial charge in [-0.05, 0) is 12.1 Å². The summed E-state index contributed by atoms with van der Waals surface area (Å²) in [4.78, 5) is 14.9. The molecular weight excluding hydrogens is 259 g/mol. The van der Waals surface area contributed by atoms with E-state index >= 15 is 0 Å². The van der Waals surface area contributed by atoms with Crippen molar-refractivity contribution >= 4 is 17.6 Å². The second kappa shape index (κ2) is 6.24. The first-order chi connectivity index (χ1) is 8.00. The van der Waals surface area contributed by atoms with Crippen molar-refractivity contribution in [1.82, 2.24) is 4.98 Å². The van der Waals surface area contributed by atoms with Gasteiger partial charge in [-0.15, -0.1) is 0 Å². The number of pyridine rings is 1. The second-order valence-electron chi connectivity index (χ2n) is 2.92. The second-order valence-corrected chi connectivity index (χ2v) is 3.31. The molecule has 1 rings (SSSR count). The van der Waals surface area contributed by atoms with Crippen LogP contribution in [0.3, 0.4) is 0 Å². The van der Waals surface area contributed by atoms with Crippen LogP contribution in [0.1, 0.15) is 16.8 Å². The number of aromatic nitrogens is 1. The first-order valence-electron chi connectivity index (χ1n) is 4.49. The molecule has 17 heavy (non-hydrogen) atoms. The van der Waals surface area contributed by atoms with Gasteiger partial charge in [-0.1, -0.05) is 11.6 Å². The van der Waals surface area contributed by atoms with Crippen LogP contribution >= 0.6 is 11.6 Å². The van der Waals surface area contributed by atoms with Crippen molar-refractivity contribution in [2.24, 2.45) is 0 Å². The van der Waals surface area contributed by atoms with Gasteiger partial charge in [0.1, 0.15) is 5.15 Å². The lowest BCUT2D eigenvalue weighted by Gasteiger charge is -2.03. The molecule has 0 spiro atoms. The van der Waals surface area contributed by atoms with Crippen molar-refractivity contribution < 1.29 is 22.7 Å². The van der Waals surface area contributed by atoms with Crippen molar-refractivity contribution in [3.8, 4) is 0 Å². The number of halogens is 4. The number of ether oxygens (including phenoxy) is 1. The van der Waals surface area contributed by atoms with Crippen molar-refractivity contribution in [3.63, 3.8) is 0 Å². The maximum atomic E-state index is 12.3. The lowest BCUT2D eigenvalue weighted by atomic mass is 10.3. The van der Waals surface area contributed by atoms with E-state index in [0.717, 1.165) is 0 Å². The van der Waals surface area contributed by atoms with Crippen LogP contribution in [0.15, 0.2) is 30.2 Å². The summed E-state index contributed by atoms with van der Waals surface area (Å²) in [6.45, 7) is -0.468. The minimum Gasteiger partial charge on any atom is -0.462 e. The Morgan fingerprint density at radius 2 is 2.06 bits per heavy atom. The van der Waals surface area contributed by atoms with Crippen LogP contribution in [-0.4, -0.2) is 17.6 Å². The summed E-state index contributed by atoms with van der Waals surface area (Å²) in [6, 6.07) is 2.74. The molecule has 0 radical (unpaired) electrons. The predicted molar refractivity (Wildman–Crippen MR) is 54.5 cm³/mol. The van der Waals surface area contributed by atoms with Gasteiger partial charge >= 0.3 is 12.0 Å². The molecule has 0 aliphatic carbocycles. The Hall–Kier alpha value is -1.56. The number of nitrogens with zero attached hydrogens (tertiary/aromatic N) is 1. The van der Waals surface area contributed by atoms with Gasteiger partial charge in [-0.25, -0.2) is 14.2 Å². The molecule has 0 fully saturated rings. The first kappa shape index (κ1) is 13.5. The average Bonchev–Trinajstić information content (AvgIpc) is 2.29. The molecule has 0 aliphatic rings. The molecule has 0 saturated heterocycles. The third-order valence-electron chi connectivity index (χ3n) is 1.72. The van der Waals surface area contributed by atoms with E-state index in [1.165, 1.54) is 18.3 Å². The van der Waals surface area contributed by atoms with Gasteiger partial charge in [0.25, 0.3) is 0 Å². The van der Waals surface area contributed by atoms with Gasteiger partial charge in [0.2, 0.25) is 0 Å². The topological polar surface area (TPSA) is 39.2 Å². The number of rotatable bonds is 4. The van der Waals surface area contributed by atoms with E-state index in [1.54, 1.807) is 0 Å². The van der Waals surface area contributed by atoms with Crippen molar-refractivity contribution in [2.45, 2.75) is 6.42 Å². The molecule has 3 nitrogen and oxygen atoms in total. The fraction of sp³-hybridized carbons (Fsp3) is 0.200. The van der Waals surface area contributed by atoms with Crippen LogP contribution < -0.4 is 0 Å². The summed E-state index contributed by atoms with van der Waals surface area (Å²) < 4.78 is 40.2. The van der Waals surface area contributed by atoms with Crippen molar-refractivity contribution in [1.29, 1.82) is 0 Å². The highest BCUT2D eigenvalue weighted by Crippen LogP contribution is 2.13. The van der Waals surface area contributed by atoms with Crippen LogP contribution in [0, 0.1) is 0 Å². The molecule has 1 heterocycles. The van der Waals surface area contributed by atoms with E-state index in [9.17, 15) is 18.0 Å². The number of esters is 1. The normalized spacial score (nSPS) is 9.88. The maximum Gasteiger partial charge on any atom is 0.339 e. The molecule has 1 aromatic rings. The zero-order valence-electron chi connectivity index (χ0n) is 8.42. The van der Waals surface area contributed by atoms with Crippen LogP contribution in [0.4, 0.5) is 13.2 Å². The number of carbonyl (C=O) groups is 1. The van der Waals surface area contributed by atoms with Gasteiger partial charge < -0.3 is 4.74 Å². The molecule has 92 valence electrons. The number of hydrogen-bond acceptors (Lipinski definition) is 3. The van der Waals surface area contributed by atoms with Crippen molar-refractivity contribution in [3.05, 3.63) is 41.0 Å². The Morgan fingerprint density at radius 3 is 2.59 bits per heavy atom. The third-order valence-corrected chi connectivity index (χ3v) is 1.95. The van der Waals surface area contributed by atoms with Crippen LogP contribution in [0.25, 0.3) is 0 Å². The van der Waals surface area contributed by atoms with E-state index in [2.05, 4.69) is 9.72 Å². The highest BCUT2D eigenvalue weighted by molar-refractivity contribution is 6.29. The van der Waals surface area contributed by atoms with Crippen LogP contribution in [-0.2, 0) is 4.74 Å². The standard InChI is InChI=1S/C10H7ClF3NO2/c11-8-2-1-6(5-15-8)10(16)17-4-3-7(12)9(13)14/h1-2,5H,3-4H2. The Balaban J connectivity index is 2.46. The summed E-state index contributed by atoms with van der Waals surface area (Å²) in [5, 5.41) is 0.204. The van der Waals surface area contributed by atoms with Crippen molar-refractivity contribution in [2.75, 3.05) is 6.61 Å². The number of carbonyl (C=O) groups excluding carboxylic acids is 1. The monoisotopic (exact) mass is 265 g/mol. The quantitative estimate of drug-likeness (QED) is 0.619. The third kappa shape index (κ3) is 4.44. The lowest BCUT2D eigenvalue weighted by Crippen LogP contribution is -2.07. The molecular formula is C10H7ClF3NO2. The van der Waals surface area contributed by atoms with E-state index in [1.807, 2.05) is 0 Å². The van der Waals surface area contributed by atoms with E-state index in [-0.39, 0.29) is 10.7 Å². The molecule has 1 aromatic heterocycles. The van der Waals surface area contributed by atoms with E-state index < -0.39 is 30.9 Å². The Morgan fingerprint density at radius 1 is 1.35 bits per heavy atom. The average molecular weight is 266 g/mol. The smallest absolute Gasteiger partial charge is 0.339 e. The molecule has 0 unspecified atom stereocenters. The Bertz CT molecular complexity index is 430. The largest absolute Gasteiger partial charge is 0.462 e. The zero-order valence-corrected chi connectivity index (χ0v) is 9.18. The molecule has 0 N–H and O–H groups in total. The molecule has 0 saturated carbocycles. The van der Waals surface area contributed by atoms with E-state index in [0.29, 0.717) is 0 Å². The van der Waals surface area contributed by atoms with Gasteiger partial charge in [0.15, 0.2) is 5.83 Å². The summed E-state index contributed by atoms with van der Waals surface area (Å²) in [5.74, 6) is -2.37. The molecule has 0 amide bonds. The minimum absolute atomic E-state index is 0.111. The van der Waals surface area contributed by atoms with Crippen LogP contribution in [0.5, 0.6) is 0 Å². The lowest BCUT2D eigenvalue weighted by molar-refractivity contribution is 0.0502. The zero-order chi connectivity index (χ0) is 12.8. The SMILES string of the molecule is O=C(OCCC(F)=C(F)F)c1ccc(Cl)nc1. The van der Waals surface area contributed by atoms with Crippen LogP contribution in [0.2, 0.25) is 5.15 Å². The molecule has 0 bridgehead atoms. The maximum absolute atomic E-state index is 12.3. The fourth-order valence-electron chi connectivity index (χ4n) is 0.908. The summed E-state index contributed by atoms with van der Waals surface area (Å²) >= 11 is 5.49. The van der Waals surface area contributed by atoms with Gasteiger partial charge in [0, 0.05) is 12.6 Å². The summed E-state index contributed by atoms with van der Waals surface area (Å²) in [5.41, 5.74) is 0.111. The Kier molecular flexibility index (Phi) is 4.96. The molecule has 7 heteroatoms.